The topological polar surface area (TPSA) is 77.1 Å². The molecule has 160 valence electrons. The summed E-state index contributed by atoms with van der Waals surface area (Å²) < 4.78 is 21.1. The molecule has 4 aromatic rings. The van der Waals surface area contributed by atoms with E-state index in [-0.39, 0.29) is 24.0 Å². The number of benzene rings is 1. The van der Waals surface area contributed by atoms with Gasteiger partial charge in [-0.25, -0.2) is 9.37 Å². The Morgan fingerprint density at radius 1 is 1.29 bits per heavy atom. The smallest absolute Gasteiger partial charge is 0.257 e. The van der Waals surface area contributed by atoms with Crippen LogP contribution in [0.25, 0.3) is 16.5 Å². The minimum atomic E-state index is -0.325. The van der Waals surface area contributed by atoms with Crippen LogP contribution in [0.4, 0.5) is 4.39 Å². The number of rotatable bonds is 9. The number of carbonyl (C=O) groups is 1. The molecule has 1 aromatic carbocycles. The number of carbonyl (C=O) groups excluding carboxylic acids is 1. The van der Waals surface area contributed by atoms with Gasteiger partial charge in [-0.2, -0.15) is 0 Å². The number of thioether (sulfide) groups is 1. The summed E-state index contributed by atoms with van der Waals surface area (Å²) in [5, 5.41) is 10.7. The number of hydrogen-bond donors (Lipinski definition) is 0. The van der Waals surface area contributed by atoms with Gasteiger partial charge < -0.3 is 9.32 Å². The van der Waals surface area contributed by atoms with Gasteiger partial charge in [0.05, 0.1) is 22.9 Å². The fourth-order valence-electron chi connectivity index (χ4n) is 2.98. The largest absolute Gasteiger partial charge is 0.418 e. The first kappa shape index (κ1) is 21.3. The number of amides is 1. The Hall–Kier alpha value is -2.98. The predicted octanol–water partition coefficient (Wildman–Crippen LogP) is 4.65. The Morgan fingerprint density at radius 3 is 2.97 bits per heavy atom. The van der Waals surface area contributed by atoms with Crippen LogP contribution in [0.15, 0.2) is 63.7 Å². The molecule has 0 radical (unpaired) electrons. The number of imidazole rings is 1. The normalized spacial score (nSPS) is 11.0. The third kappa shape index (κ3) is 5.20. The van der Waals surface area contributed by atoms with E-state index in [1.54, 1.807) is 34.0 Å². The van der Waals surface area contributed by atoms with E-state index in [0.717, 1.165) is 11.3 Å². The summed E-state index contributed by atoms with van der Waals surface area (Å²) in [7, 11) is 0. The first-order valence-corrected chi connectivity index (χ1v) is 11.6. The minimum Gasteiger partial charge on any atom is -0.418 e. The van der Waals surface area contributed by atoms with Crippen molar-refractivity contribution in [2.75, 3.05) is 12.3 Å². The van der Waals surface area contributed by atoms with Crippen LogP contribution in [-0.2, 0) is 11.3 Å². The molecular weight excluding hydrogens is 437 g/mol. The number of thiophene rings is 1. The molecule has 0 aliphatic rings. The average Bonchev–Trinajstić information content (AvgIpc) is 3.53. The number of halogens is 1. The van der Waals surface area contributed by atoms with E-state index in [1.807, 2.05) is 24.4 Å². The Kier molecular flexibility index (Phi) is 6.78. The standard InChI is InChI=1S/C21H20FN5O2S2/c1-2-9-26(13-18-24-25-20(29-18)17-7-4-11-30-17)19(28)14-31-21-23-8-10-27(21)16-6-3-5-15(22)12-16/h3-8,10-12H,2,9,13-14H2,1H3. The van der Waals surface area contributed by atoms with Gasteiger partial charge in [-0.05, 0) is 36.1 Å². The van der Waals surface area contributed by atoms with Crippen molar-refractivity contribution < 1.29 is 13.6 Å². The molecule has 1 amide bonds. The molecule has 0 atom stereocenters. The molecule has 0 spiro atoms. The molecule has 0 fully saturated rings. The van der Waals surface area contributed by atoms with Crippen LogP contribution < -0.4 is 0 Å². The Labute approximate surface area is 186 Å². The molecule has 31 heavy (non-hydrogen) atoms. The lowest BCUT2D eigenvalue weighted by Crippen LogP contribution is -2.32. The zero-order valence-corrected chi connectivity index (χ0v) is 18.4. The van der Waals surface area contributed by atoms with Crippen LogP contribution in [0.2, 0.25) is 0 Å². The maximum absolute atomic E-state index is 13.6. The molecule has 0 saturated carbocycles. The minimum absolute atomic E-state index is 0.0588. The van der Waals surface area contributed by atoms with E-state index < -0.39 is 0 Å². The van der Waals surface area contributed by atoms with Gasteiger partial charge in [0.25, 0.3) is 5.89 Å². The third-order valence-corrected chi connectivity index (χ3v) is 6.20. The van der Waals surface area contributed by atoms with Crippen LogP contribution in [0.1, 0.15) is 19.2 Å². The van der Waals surface area contributed by atoms with Crippen molar-refractivity contribution >= 4 is 29.0 Å². The van der Waals surface area contributed by atoms with Crippen LogP contribution >= 0.6 is 23.1 Å². The summed E-state index contributed by atoms with van der Waals surface area (Å²) >= 11 is 2.82. The van der Waals surface area contributed by atoms with Crippen molar-refractivity contribution in [3.63, 3.8) is 0 Å². The monoisotopic (exact) mass is 457 g/mol. The third-order valence-electron chi connectivity index (χ3n) is 4.39. The highest BCUT2D eigenvalue weighted by atomic mass is 32.2. The summed E-state index contributed by atoms with van der Waals surface area (Å²) in [6, 6.07) is 10.1. The second kappa shape index (κ2) is 9.88. The summed E-state index contributed by atoms with van der Waals surface area (Å²) in [4.78, 5) is 19.8. The fourth-order valence-corrected chi connectivity index (χ4v) is 4.50. The van der Waals surface area contributed by atoms with E-state index >= 15 is 0 Å². The highest BCUT2D eigenvalue weighted by molar-refractivity contribution is 7.99. The molecule has 0 N–H and O–H groups in total. The first-order chi connectivity index (χ1) is 15.1. The van der Waals surface area contributed by atoms with Crippen molar-refractivity contribution in [2.45, 2.75) is 25.0 Å². The number of hydrogen-bond acceptors (Lipinski definition) is 7. The molecular formula is C21H20FN5O2S2. The number of aromatic nitrogens is 4. The average molecular weight is 458 g/mol. The maximum Gasteiger partial charge on any atom is 0.257 e. The zero-order chi connectivity index (χ0) is 21.6. The van der Waals surface area contributed by atoms with Crippen molar-refractivity contribution in [1.82, 2.24) is 24.6 Å². The van der Waals surface area contributed by atoms with Crippen molar-refractivity contribution in [3.8, 4) is 16.5 Å². The molecule has 3 heterocycles. The Balaban J connectivity index is 1.41. The molecule has 3 aromatic heterocycles. The second-order valence-electron chi connectivity index (χ2n) is 6.64. The summed E-state index contributed by atoms with van der Waals surface area (Å²) in [5.41, 5.74) is 0.657. The van der Waals surface area contributed by atoms with Gasteiger partial charge >= 0.3 is 0 Å². The second-order valence-corrected chi connectivity index (χ2v) is 8.53. The number of nitrogens with zero attached hydrogens (tertiary/aromatic N) is 5. The van der Waals surface area contributed by atoms with E-state index in [4.69, 9.17) is 4.42 Å². The van der Waals surface area contributed by atoms with Crippen LogP contribution in [0.5, 0.6) is 0 Å². The van der Waals surface area contributed by atoms with Crippen LogP contribution in [0.3, 0.4) is 0 Å². The lowest BCUT2D eigenvalue weighted by Gasteiger charge is -2.20. The Bertz CT molecular complexity index is 1140. The van der Waals surface area contributed by atoms with Crippen molar-refractivity contribution in [2.24, 2.45) is 0 Å². The first-order valence-electron chi connectivity index (χ1n) is 9.70. The summed E-state index contributed by atoms with van der Waals surface area (Å²) in [6.45, 7) is 2.84. The van der Waals surface area contributed by atoms with E-state index in [9.17, 15) is 9.18 Å². The van der Waals surface area contributed by atoms with Crippen LogP contribution in [-0.4, -0.2) is 42.9 Å². The molecule has 0 unspecified atom stereocenters. The molecule has 0 bridgehead atoms. The van der Waals surface area contributed by atoms with E-state index in [0.29, 0.717) is 29.2 Å². The van der Waals surface area contributed by atoms with Gasteiger partial charge in [-0.3, -0.25) is 9.36 Å². The highest BCUT2D eigenvalue weighted by Crippen LogP contribution is 2.24. The summed E-state index contributed by atoms with van der Waals surface area (Å²) in [6.07, 6.45) is 4.18. The summed E-state index contributed by atoms with van der Waals surface area (Å²) in [5.74, 6) is 0.667. The molecule has 10 heteroatoms. The molecule has 0 saturated heterocycles. The quantitative estimate of drug-likeness (QED) is 0.341. The van der Waals surface area contributed by atoms with Gasteiger partial charge in [-0.1, -0.05) is 30.8 Å². The lowest BCUT2D eigenvalue weighted by molar-refractivity contribution is -0.129. The lowest BCUT2D eigenvalue weighted by atomic mass is 10.3. The predicted molar refractivity (Wildman–Crippen MR) is 118 cm³/mol. The molecule has 0 aliphatic heterocycles. The van der Waals surface area contributed by atoms with E-state index in [1.165, 1.54) is 35.2 Å². The zero-order valence-electron chi connectivity index (χ0n) is 16.8. The molecule has 7 nitrogen and oxygen atoms in total. The van der Waals surface area contributed by atoms with Crippen LogP contribution in [0, 0.1) is 5.82 Å². The highest BCUT2D eigenvalue weighted by Gasteiger charge is 2.19. The Morgan fingerprint density at radius 2 is 2.19 bits per heavy atom. The molecule has 4 rings (SSSR count). The SMILES string of the molecule is CCCN(Cc1nnc(-c2cccs2)o1)C(=O)CSc1nccn1-c1cccc(F)c1. The van der Waals surface area contributed by atoms with E-state index in [2.05, 4.69) is 15.2 Å². The van der Waals surface area contributed by atoms with Crippen molar-refractivity contribution in [3.05, 3.63) is 65.9 Å². The van der Waals surface area contributed by atoms with Crippen molar-refractivity contribution in [1.29, 1.82) is 0 Å². The fraction of sp³-hybridized carbons (Fsp3) is 0.238. The van der Waals surface area contributed by atoms with Gasteiger partial charge in [0.15, 0.2) is 5.16 Å². The van der Waals surface area contributed by atoms with Gasteiger partial charge in [0.2, 0.25) is 11.8 Å². The molecule has 0 aliphatic carbocycles. The van der Waals surface area contributed by atoms with Gasteiger partial charge in [0, 0.05) is 18.9 Å². The van der Waals surface area contributed by atoms with Gasteiger partial charge in [0.1, 0.15) is 5.82 Å². The maximum atomic E-state index is 13.6. The van der Waals surface area contributed by atoms with Gasteiger partial charge in [-0.15, -0.1) is 21.5 Å².